The van der Waals surface area contributed by atoms with Crippen molar-refractivity contribution in [2.24, 2.45) is 0 Å². The summed E-state index contributed by atoms with van der Waals surface area (Å²) in [5.41, 5.74) is -0.934. The van der Waals surface area contributed by atoms with E-state index in [0.29, 0.717) is 5.95 Å². The molecule has 1 fully saturated rings. The number of aromatic carboxylic acids is 1. The number of H-pyrrole nitrogens is 1. The van der Waals surface area contributed by atoms with Crippen LogP contribution in [-0.2, 0) is 0 Å². The average Bonchev–Trinajstić information content (AvgIpc) is 2.38. The van der Waals surface area contributed by atoms with Crippen LogP contribution < -0.4 is 10.5 Å². The van der Waals surface area contributed by atoms with Gasteiger partial charge < -0.3 is 14.9 Å². The van der Waals surface area contributed by atoms with Crippen LogP contribution in [0.15, 0.2) is 11.0 Å². The minimum atomic E-state index is -1.26. The number of carboxylic acids is 1. The molecule has 0 aliphatic carbocycles. The lowest BCUT2D eigenvalue weighted by atomic mass is 10.3. The van der Waals surface area contributed by atoms with Gasteiger partial charge >= 0.3 is 5.97 Å². The molecule has 0 unspecified atom stereocenters. The van der Waals surface area contributed by atoms with Gasteiger partial charge in [-0.3, -0.25) is 9.78 Å². The molecule has 2 rings (SSSR count). The number of likely N-dealkylation sites (N-methyl/N-ethyl adjacent to an activating group) is 1. The molecule has 2 N–H and O–H groups in total. The molecule has 0 radical (unpaired) electrons. The average molecular weight is 252 g/mol. The van der Waals surface area contributed by atoms with Gasteiger partial charge in [-0.1, -0.05) is 6.92 Å². The van der Waals surface area contributed by atoms with Crippen LogP contribution >= 0.6 is 0 Å². The zero-order chi connectivity index (χ0) is 13.1. The van der Waals surface area contributed by atoms with Gasteiger partial charge in [0.1, 0.15) is 5.56 Å². The summed E-state index contributed by atoms with van der Waals surface area (Å²) in [6.45, 7) is 6.52. The van der Waals surface area contributed by atoms with Gasteiger partial charge in [-0.05, 0) is 6.54 Å². The SMILES string of the molecule is CCN1CCN(c2ncc(C(=O)O)c(=O)[nH]2)CC1. The van der Waals surface area contributed by atoms with Crippen molar-refractivity contribution >= 4 is 11.9 Å². The van der Waals surface area contributed by atoms with E-state index < -0.39 is 11.5 Å². The maximum atomic E-state index is 11.5. The minimum absolute atomic E-state index is 0.328. The van der Waals surface area contributed by atoms with Crippen LogP contribution in [0.4, 0.5) is 5.95 Å². The van der Waals surface area contributed by atoms with E-state index in [1.165, 1.54) is 0 Å². The van der Waals surface area contributed by atoms with E-state index in [-0.39, 0.29) is 5.56 Å². The Morgan fingerprint density at radius 3 is 2.61 bits per heavy atom. The molecule has 2 heterocycles. The molecule has 1 saturated heterocycles. The normalized spacial score (nSPS) is 16.8. The number of nitrogens with one attached hydrogen (secondary N) is 1. The van der Waals surface area contributed by atoms with Gasteiger partial charge in [0, 0.05) is 26.2 Å². The van der Waals surface area contributed by atoms with E-state index in [2.05, 4.69) is 21.8 Å². The van der Waals surface area contributed by atoms with Crippen LogP contribution in [0.1, 0.15) is 17.3 Å². The molecule has 0 spiro atoms. The lowest BCUT2D eigenvalue weighted by molar-refractivity contribution is 0.0694. The smallest absolute Gasteiger partial charge is 0.342 e. The molecular formula is C11H16N4O3. The highest BCUT2D eigenvalue weighted by Crippen LogP contribution is 2.08. The largest absolute Gasteiger partial charge is 0.477 e. The number of anilines is 1. The Labute approximate surface area is 104 Å². The number of carbonyl (C=O) groups is 1. The number of aromatic amines is 1. The third-order valence-corrected chi connectivity index (χ3v) is 3.14. The minimum Gasteiger partial charge on any atom is -0.477 e. The Morgan fingerprint density at radius 1 is 1.44 bits per heavy atom. The molecule has 1 aliphatic heterocycles. The fraction of sp³-hybridized carbons (Fsp3) is 0.545. The zero-order valence-corrected chi connectivity index (χ0v) is 10.2. The lowest BCUT2D eigenvalue weighted by Gasteiger charge is -2.34. The summed E-state index contributed by atoms with van der Waals surface area (Å²) in [4.78, 5) is 33.0. The Balaban J connectivity index is 2.13. The number of hydrogen-bond donors (Lipinski definition) is 2. The fourth-order valence-electron chi connectivity index (χ4n) is 1.97. The van der Waals surface area contributed by atoms with Crippen molar-refractivity contribution in [3.63, 3.8) is 0 Å². The van der Waals surface area contributed by atoms with Crippen LogP contribution in [0.2, 0.25) is 0 Å². The number of piperazine rings is 1. The van der Waals surface area contributed by atoms with E-state index in [4.69, 9.17) is 5.11 Å². The van der Waals surface area contributed by atoms with E-state index >= 15 is 0 Å². The summed E-state index contributed by atoms with van der Waals surface area (Å²) in [5, 5.41) is 8.75. The van der Waals surface area contributed by atoms with E-state index in [0.717, 1.165) is 38.9 Å². The van der Waals surface area contributed by atoms with Gasteiger partial charge in [0.25, 0.3) is 5.56 Å². The standard InChI is InChI=1S/C11H16N4O3/c1-2-14-3-5-15(6-4-14)11-12-7-8(10(17)18)9(16)13-11/h7H,2-6H2,1H3,(H,17,18)(H,12,13,16). The molecule has 0 amide bonds. The van der Waals surface area contributed by atoms with Crippen LogP contribution in [0.25, 0.3) is 0 Å². The van der Waals surface area contributed by atoms with E-state index in [1.807, 2.05) is 4.90 Å². The Kier molecular flexibility index (Phi) is 3.61. The molecule has 18 heavy (non-hydrogen) atoms. The molecule has 0 atom stereocenters. The molecule has 98 valence electrons. The molecule has 1 aromatic rings. The molecule has 0 aromatic carbocycles. The number of nitrogens with zero attached hydrogens (tertiary/aromatic N) is 3. The Hall–Kier alpha value is -1.89. The summed E-state index contributed by atoms with van der Waals surface area (Å²) < 4.78 is 0. The van der Waals surface area contributed by atoms with Gasteiger partial charge in [0.2, 0.25) is 5.95 Å². The number of rotatable bonds is 3. The summed E-state index contributed by atoms with van der Waals surface area (Å²) in [5.74, 6) is -0.813. The lowest BCUT2D eigenvalue weighted by Crippen LogP contribution is -2.47. The fourth-order valence-corrected chi connectivity index (χ4v) is 1.97. The van der Waals surface area contributed by atoms with Crippen molar-refractivity contribution in [3.05, 3.63) is 22.1 Å². The predicted molar refractivity (Wildman–Crippen MR) is 66.1 cm³/mol. The first-order valence-electron chi connectivity index (χ1n) is 5.91. The number of carboxylic acid groups (broad SMARTS) is 1. The first-order chi connectivity index (χ1) is 8.61. The first-order valence-corrected chi connectivity index (χ1v) is 5.91. The van der Waals surface area contributed by atoms with Gasteiger partial charge in [-0.15, -0.1) is 0 Å². The van der Waals surface area contributed by atoms with Crippen LogP contribution in [0.3, 0.4) is 0 Å². The van der Waals surface area contributed by atoms with Crippen LogP contribution in [0.5, 0.6) is 0 Å². The van der Waals surface area contributed by atoms with Crippen molar-refractivity contribution in [2.45, 2.75) is 6.92 Å². The second-order valence-corrected chi connectivity index (χ2v) is 4.18. The predicted octanol–water partition coefficient (Wildman–Crippen LogP) is -0.390. The maximum Gasteiger partial charge on any atom is 0.342 e. The van der Waals surface area contributed by atoms with Crippen LogP contribution in [0, 0.1) is 0 Å². The van der Waals surface area contributed by atoms with Gasteiger partial charge in [-0.25, -0.2) is 9.78 Å². The third-order valence-electron chi connectivity index (χ3n) is 3.14. The van der Waals surface area contributed by atoms with E-state index in [9.17, 15) is 9.59 Å². The zero-order valence-electron chi connectivity index (χ0n) is 10.2. The monoisotopic (exact) mass is 252 g/mol. The van der Waals surface area contributed by atoms with Crippen molar-refractivity contribution in [1.29, 1.82) is 0 Å². The topological polar surface area (TPSA) is 89.5 Å². The summed E-state index contributed by atoms with van der Waals surface area (Å²) in [7, 11) is 0. The van der Waals surface area contributed by atoms with Gasteiger partial charge in [0.15, 0.2) is 0 Å². The highest BCUT2D eigenvalue weighted by molar-refractivity contribution is 5.86. The molecule has 1 aliphatic rings. The molecular weight excluding hydrogens is 236 g/mol. The van der Waals surface area contributed by atoms with Gasteiger partial charge in [-0.2, -0.15) is 0 Å². The van der Waals surface area contributed by atoms with E-state index in [1.54, 1.807) is 0 Å². The van der Waals surface area contributed by atoms with Gasteiger partial charge in [0.05, 0.1) is 6.20 Å². The number of hydrogen-bond acceptors (Lipinski definition) is 5. The molecule has 7 nitrogen and oxygen atoms in total. The van der Waals surface area contributed by atoms with Crippen molar-refractivity contribution < 1.29 is 9.90 Å². The molecule has 1 aromatic heterocycles. The highest BCUT2D eigenvalue weighted by Gasteiger charge is 2.18. The summed E-state index contributed by atoms with van der Waals surface area (Å²) in [6.07, 6.45) is 1.11. The quantitative estimate of drug-likeness (QED) is 0.761. The van der Waals surface area contributed by atoms with Crippen molar-refractivity contribution in [2.75, 3.05) is 37.6 Å². The Bertz CT molecular complexity index is 491. The first kappa shape index (κ1) is 12.6. The highest BCUT2D eigenvalue weighted by atomic mass is 16.4. The third kappa shape index (κ3) is 2.51. The van der Waals surface area contributed by atoms with Crippen LogP contribution in [-0.4, -0.2) is 58.7 Å². The van der Waals surface area contributed by atoms with Crippen molar-refractivity contribution in [1.82, 2.24) is 14.9 Å². The molecule has 0 bridgehead atoms. The second-order valence-electron chi connectivity index (χ2n) is 4.18. The molecule has 0 saturated carbocycles. The maximum absolute atomic E-state index is 11.5. The van der Waals surface area contributed by atoms with Crippen molar-refractivity contribution in [3.8, 4) is 0 Å². The molecule has 7 heteroatoms. The summed E-state index contributed by atoms with van der Waals surface area (Å²) >= 11 is 0. The second kappa shape index (κ2) is 5.18. The number of aromatic nitrogens is 2. The summed E-state index contributed by atoms with van der Waals surface area (Å²) in [6, 6.07) is 0. The Morgan fingerprint density at radius 2 is 2.11 bits per heavy atom.